The summed E-state index contributed by atoms with van der Waals surface area (Å²) < 4.78 is 44.7. The number of H-pyrrole nitrogens is 1. The summed E-state index contributed by atoms with van der Waals surface area (Å²) >= 11 is 0. The number of amides is 1. The van der Waals surface area contributed by atoms with Gasteiger partial charge < -0.3 is 25.9 Å². The van der Waals surface area contributed by atoms with Crippen LogP contribution < -0.4 is 21.1 Å². The topological polar surface area (TPSA) is 129 Å². The van der Waals surface area contributed by atoms with E-state index in [1.165, 1.54) is 12.1 Å². The number of nitrogens with one attached hydrogen (secondary N) is 3. The third-order valence-corrected chi connectivity index (χ3v) is 7.40. The van der Waals surface area contributed by atoms with Gasteiger partial charge in [0.1, 0.15) is 17.5 Å². The average molecular weight is 581 g/mol. The van der Waals surface area contributed by atoms with E-state index in [9.17, 15) is 27.9 Å². The van der Waals surface area contributed by atoms with Crippen molar-refractivity contribution in [3.63, 3.8) is 0 Å². The lowest BCUT2D eigenvalue weighted by molar-refractivity contribution is -0.142. The monoisotopic (exact) mass is 580 g/mol. The lowest BCUT2D eigenvalue weighted by atomic mass is 9.89. The SMILES string of the molecule is NCCCCC(NC(=O)C1Cc2c([nH]c3ccccc23)C(c2cccc(Oc3ccc(C(F)(F)F)cc3)c2)N1)C(=O)O. The molecule has 1 aliphatic heterocycles. The number of hydrogen-bond donors (Lipinski definition) is 5. The number of alkyl halides is 3. The minimum Gasteiger partial charge on any atom is -0.480 e. The van der Waals surface area contributed by atoms with Crippen LogP contribution in [0.4, 0.5) is 13.2 Å². The molecule has 0 bridgehead atoms. The molecule has 42 heavy (non-hydrogen) atoms. The molecule has 1 amide bonds. The molecular formula is C31H31F3N4O4. The van der Waals surface area contributed by atoms with Crippen LogP contribution in [0.15, 0.2) is 72.8 Å². The number of carbonyl (C=O) groups is 2. The fraction of sp³-hybridized carbons (Fsp3) is 0.290. The number of carboxylic acids is 1. The summed E-state index contributed by atoms with van der Waals surface area (Å²) in [5, 5.41) is 16.7. The molecule has 0 fully saturated rings. The first-order chi connectivity index (χ1) is 20.1. The summed E-state index contributed by atoms with van der Waals surface area (Å²) in [4.78, 5) is 28.7. The molecule has 2 heterocycles. The first-order valence-electron chi connectivity index (χ1n) is 13.7. The van der Waals surface area contributed by atoms with Crippen LogP contribution in [0.25, 0.3) is 10.9 Å². The number of benzene rings is 3. The lowest BCUT2D eigenvalue weighted by Gasteiger charge is -2.32. The van der Waals surface area contributed by atoms with Gasteiger partial charge in [-0.25, -0.2) is 4.79 Å². The van der Waals surface area contributed by atoms with E-state index in [-0.39, 0.29) is 12.2 Å². The van der Waals surface area contributed by atoms with Crippen LogP contribution in [0.5, 0.6) is 11.5 Å². The van der Waals surface area contributed by atoms with Gasteiger partial charge in [0.05, 0.1) is 17.6 Å². The Kier molecular flexibility index (Phi) is 8.51. The van der Waals surface area contributed by atoms with Crippen molar-refractivity contribution in [3.05, 3.63) is 95.2 Å². The number of ether oxygens (including phenoxy) is 1. The Bertz CT molecular complexity index is 1570. The Morgan fingerprint density at radius 1 is 1.02 bits per heavy atom. The van der Waals surface area contributed by atoms with Gasteiger partial charge in [0, 0.05) is 16.6 Å². The molecule has 0 saturated heterocycles. The molecule has 5 rings (SSSR count). The van der Waals surface area contributed by atoms with Crippen LogP contribution in [0, 0.1) is 0 Å². The van der Waals surface area contributed by atoms with Crippen molar-refractivity contribution in [1.82, 2.24) is 15.6 Å². The Balaban J connectivity index is 1.43. The molecule has 0 aliphatic carbocycles. The van der Waals surface area contributed by atoms with Gasteiger partial charge in [0.2, 0.25) is 5.91 Å². The van der Waals surface area contributed by atoms with Crippen molar-refractivity contribution in [2.45, 2.75) is 50.0 Å². The van der Waals surface area contributed by atoms with E-state index in [1.54, 1.807) is 18.2 Å². The minimum absolute atomic E-state index is 0.245. The van der Waals surface area contributed by atoms with Gasteiger partial charge in [-0.15, -0.1) is 0 Å². The standard InChI is InChI=1S/C31H31F3N4O4/c32-31(33,34)19-11-13-20(14-12-19)42-21-7-5-6-18(16-21)27-28-23(22-8-1-2-9-24(22)36-28)17-26(37-27)29(39)38-25(30(40)41)10-3-4-15-35/h1-2,5-9,11-14,16,25-27,36-37H,3-4,10,15,17,35H2,(H,38,39)(H,40,41). The predicted molar refractivity (Wildman–Crippen MR) is 151 cm³/mol. The van der Waals surface area contributed by atoms with Crippen LogP contribution in [-0.4, -0.2) is 40.6 Å². The van der Waals surface area contributed by atoms with Crippen molar-refractivity contribution in [2.75, 3.05) is 6.54 Å². The highest BCUT2D eigenvalue weighted by atomic mass is 19.4. The Labute approximate surface area is 240 Å². The number of carbonyl (C=O) groups excluding carboxylic acids is 1. The summed E-state index contributed by atoms with van der Waals surface area (Å²) in [6.07, 6.45) is -2.59. The molecule has 3 unspecified atom stereocenters. The van der Waals surface area contributed by atoms with Gasteiger partial charge in [-0.1, -0.05) is 30.3 Å². The average Bonchev–Trinajstić information content (AvgIpc) is 3.35. The van der Waals surface area contributed by atoms with Crippen LogP contribution >= 0.6 is 0 Å². The number of aromatic nitrogens is 1. The molecule has 1 aromatic heterocycles. The van der Waals surface area contributed by atoms with E-state index in [2.05, 4.69) is 15.6 Å². The molecule has 3 aromatic carbocycles. The maximum absolute atomic E-state index is 13.4. The molecule has 0 spiro atoms. The number of unbranched alkanes of at least 4 members (excludes halogenated alkanes) is 1. The zero-order chi connectivity index (χ0) is 29.9. The molecule has 0 saturated carbocycles. The molecule has 8 nitrogen and oxygen atoms in total. The van der Waals surface area contributed by atoms with Crippen LogP contribution in [0.1, 0.15) is 47.7 Å². The largest absolute Gasteiger partial charge is 0.480 e. The smallest absolute Gasteiger partial charge is 0.416 e. The number of aromatic amines is 1. The van der Waals surface area contributed by atoms with E-state index < -0.39 is 41.7 Å². The first kappa shape index (κ1) is 29.2. The van der Waals surface area contributed by atoms with Gasteiger partial charge >= 0.3 is 12.1 Å². The summed E-state index contributed by atoms with van der Waals surface area (Å²) in [5.74, 6) is -0.874. The van der Waals surface area contributed by atoms with Crippen LogP contribution in [0.2, 0.25) is 0 Å². The van der Waals surface area contributed by atoms with E-state index in [1.807, 2.05) is 30.3 Å². The number of para-hydroxylation sites is 1. The Morgan fingerprint density at radius 3 is 2.50 bits per heavy atom. The number of halogens is 3. The van der Waals surface area contributed by atoms with Crippen LogP contribution in [-0.2, 0) is 22.2 Å². The minimum atomic E-state index is -4.44. The number of carboxylic acid groups (broad SMARTS) is 1. The molecule has 4 aromatic rings. The summed E-state index contributed by atoms with van der Waals surface area (Å²) in [6, 6.07) is 17.0. The van der Waals surface area contributed by atoms with Gasteiger partial charge in [-0.05, 0) is 85.8 Å². The molecule has 0 radical (unpaired) electrons. The molecule has 1 aliphatic rings. The summed E-state index contributed by atoms with van der Waals surface area (Å²) in [6.45, 7) is 0.442. The highest BCUT2D eigenvalue weighted by molar-refractivity contribution is 5.90. The van der Waals surface area contributed by atoms with Gasteiger partial charge in [-0.2, -0.15) is 13.2 Å². The zero-order valence-corrected chi connectivity index (χ0v) is 22.6. The third-order valence-electron chi connectivity index (χ3n) is 7.40. The Morgan fingerprint density at radius 2 is 1.79 bits per heavy atom. The molecule has 11 heteroatoms. The first-order valence-corrected chi connectivity index (χ1v) is 13.7. The maximum atomic E-state index is 13.4. The van der Waals surface area contributed by atoms with Crippen LogP contribution in [0.3, 0.4) is 0 Å². The Hall–Kier alpha value is -4.35. The quantitative estimate of drug-likeness (QED) is 0.162. The summed E-state index contributed by atoms with van der Waals surface area (Å²) in [5.41, 5.74) is 8.23. The summed E-state index contributed by atoms with van der Waals surface area (Å²) in [7, 11) is 0. The number of nitrogens with two attached hydrogens (primary N) is 1. The highest BCUT2D eigenvalue weighted by Gasteiger charge is 2.35. The zero-order valence-electron chi connectivity index (χ0n) is 22.6. The lowest BCUT2D eigenvalue weighted by Crippen LogP contribution is -2.53. The van der Waals surface area contributed by atoms with Gasteiger partial charge in [0.15, 0.2) is 0 Å². The normalized spacial score (nSPS) is 17.4. The third kappa shape index (κ3) is 6.42. The fourth-order valence-corrected chi connectivity index (χ4v) is 5.29. The molecular weight excluding hydrogens is 549 g/mol. The van der Waals surface area contributed by atoms with Crippen molar-refractivity contribution in [3.8, 4) is 11.5 Å². The number of rotatable bonds is 10. The van der Waals surface area contributed by atoms with Gasteiger partial charge in [0.25, 0.3) is 0 Å². The van der Waals surface area contributed by atoms with Crippen molar-refractivity contribution < 1.29 is 32.6 Å². The van der Waals surface area contributed by atoms with E-state index >= 15 is 0 Å². The van der Waals surface area contributed by atoms with Crippen molar-refractivity contribution in [1.29, 1.82) is 0 Å². The van der Waals surface area contributed by atoms with E-state index in [0.717, 1.165) is 39.9 Å². The van der Waals surface area contributed by atoms with Crippen molar-refractivity contribution >= 4 is 22.8 Å². The second kappa shape index (κ2) is 12.3. The second-order valence-electron chi connectivity index (χ2n) is 10.3. The predicted octanol–water partition coefficient (Wildman–Crippen LogP) is 5.28. The van der Waals surface area contributed by atoms with Crippen molar-refractivity contribution in [2.24, 2.45) is 5.73 Å². The highest BCUT2D eigenvalue weighted by Crippen LogP contribution is 2.37. The van der Waals surface area contributed by atoms with E-state index in [0.29, 0.717) is 31.6 Å². The maximum Gasteiger partial charge on any atom is 0.416 e. The molecule has 220 valence electrons. The van der Waals surface area contributed by atoms with E-state index in [4.69, 9.17) is 10.5 Å². The fourth-order valence-electron chi connectivity index (χ4n) is 5.29. The molecule has 6 N–H and O–H groups in total. The second-order valence-corrected chi connectivity index (χ2v) is 10.3. The van der Waals surface area contributed by atoms with Gasteiger partial charge in [-0.3, -0.25) is 10.1 Å². The number of aliphatic carboxylic acids is 1. The number of hydrogen-bond acceptors (Lipinski definition) is 5. The number of fused-ring (bicyclic) bond motifs is 3. The molecule has 3 atom stereocenters.